The van der Waals surface area contributed by atoms with Gasteiger partial charge in [0.25, 0.3) is 0 Å². The van der Waals surface area contributed by atoms with Crippen LogP contribution in [0.15, 0.2) is 18.2 Å². The van der Waals surface area contributed by atoms with E-state index in [1.165, 1.54) is 32.1 Å². The zero-order chi connectivity index (χ0) is 18.1. The lowest BCUT2D eigenvalue weighted by Gasteiger charge is -2.30. The van der Waals surface area contributed by atoms with Crippen LogP contribution in [-0.4, -0.2) is 61.2 Å². The van der Waals surface area contributed by atoms with Crippen LogP contribution in [0.3, 0.4) is 0 Å². The first kappa shape index (κ1) is 20.0. The van der Waals surface area contributed by atoms with Crippen LogP contribution in [0.4, 0.5) is 0 Å². The van der Waals surface area contributed by atoms with Crippen molar-refractivity contribution in [3.8, 4) is 11.5 Å². The lowest BCUT2D eigenvalue weighted by molar-refractivity contribution is 0.142. The van der Waals surface area contributed by atoms with Crippen LogP contribution < -0.4 is 9.47 Å². The number of hydrogen-bond acceptors (Lipinski definition) is 5. The molecule has 1 aliphatic carbocycles. The molecule has 2 fully saturated rings. The smallest absolute Gasteiger partial charge is 0.160 e. The molecule has 0 unspecified atom stereocenters. The summed E-state index contributed by atoms with van der Waals surface area (Å²) in [6, 6.07) is 6.42. The monoisotopic (exact) mass is 351 g/mol. The molecule has 1 heterocycles. The van der Waals surface area contributed by atoms with Gasteiger partial charge in [-0.3, -0.25) is 4.90 Å². The molecule has 0 amide bonds. The van der Waals surface area contributed by atoms with E-state index in [9.17, 15) is 5.11 Å². The molecule has 1 aromatic rings. The lowest BCUT2D eigenvalue weighted by atomic mass is 9.94. The van der Waals surface area contributed by atoms with Gasteiger partial charge in [-0.25, -0.2) is 0 Å². The van der Waals surface area contributed by atoms with Crippen molar-refractivity contribution in [3.05, 3.63) is 23.8 Å². The van der Waals surface area contributed by atoms with E-state index in [0.717, 1.165) is 31.1 Å². The number of likely N-dealkylation sites (tertiary alicyclic amines) is 1. The highest BCUT2D eigenvalue weighted by Gasteiger charge is 2.27. The van der Waals surface area contributed by atoms with Gasteiger partial charge in [0.15, 0.2) is 11.5 Å². The average molecular weight is 351 g/mol. The van der Waals surface area contributed by atoms with Crippen LogP contribution in [0.5, 0.6) is 11.5 Å². The molecule has 25 heavy (non-hydrogen) atoms. The highest BCUT2D eigenvalue weighted by atomic mass is 16.5. The van der Waals surface area contributed by atoms with Crippen LogP contribution in [0.2, 0.25) is 0 Å². The van der Waals surface area contributed by atoms with Crippen molar-refractivity contribution >= 4 is 0 Å². The van der Waals surface area contributed by atoms with Gasteiger partial charge >= 0.3 is 0 Å². The van der Waals surface area contributed by atoms with E-state index in [0.29, 0.717) is 17.9 Å². The molecule has 2 N–H and O–H groups in total. The summed E-state index contributed by atoms with van der Waals surface area (Å²) in [5.41, 5.74) is 1.04. The molecule has 1 saturated carbocycles. The molecule has 0 spiro atoms. The van der Waals surface area contributed by atoms with E-state index < -0.39 is 0 Å². The summed E-state index contributed by atoms with van der Waals surface area (Å²) in [6.45, 7) is 2.21. The highest BCUT2D eigenvalue weighted by molar-refractivity contribution is 5.42. The molecule has 0 aromatic heterocycles. The van der Waals surface area contributed by atoms with Gasteiger partial charge in [-0.15, -0.1) is 0 Å². The quantitative estimate of drug-likeness (QED) is 0.854. The number of methoxy groups -OCH3 is 2. The molecule has 1 saturated heterocycles. The summed E-state index contributed by atoms with van der Waals surface area (Å²) in [5, 5.41) is 18.1. The number of benzene rings is 1. The average Bonchev–Trinajstić information content (AvgIpc) is 3.09. The molecule has 0 bridgehead atoms. The standard InChI is InChI=1S/C10H19NO.C10H14O3/c12-10-6-7-11(8-10)9-4-2-1-3-5-9;1-12-9-4-3-8(5-6-11)7-10(9)13-2/h9-10,12H,1-8H2;3-4,7,11H,5-6H2,1-2H3/t10-;/m0./s1. The fraction of sp³-hybridized carbons (Fsp3) is 0.700. The predicted molar refractivity (Wildman–Crippen MR) is 99.4 cm³/mol. The second-order valence-corrected chi connectivity index (χ2v) is 6.89. The molecular formula is C20H33NO4. The molecule has 3 rings (SSSR count). The van der Waals surface area contributed by atoms with Crippen molar-refractivity contribution in [1.82, 2.24) is 4.90 Å². The van der Waals surface area contributed by atoms with E-state index in [-0.39, 0.29) is 12.7 Å². The Balaban J connectivity index is 0.000000181. The zero-order valence-electron chi connectivity index (χ0n) is 15.6. The molecular weight excluding hydrogens is 318 g/mol. The van der Waals surface area contributed by atoms with E-state index >= 15 is 0 Å². The molecule has 142 valence electrons. The van der Waals surface area contributed by atoms with Gasteiger partial charge in [0.1, 0.15) is 0 Å². The maximum atomic E-state index is 9.39. The summed E-state index contributed by atoms with van der Waals surface area (Å²) in [6.07, 6.45) is 8.56. The Morgan fingerprint density at radius 2 is 1.76 bits per heavy atom. The minimum atomic E-state index is -0.0353. The summed E-state index contributed by atoms with van der Waals surface area (Å²) >= 11 is 0. The van der Waals surface area contributed by atoms with E-state index in [1.54, 1.807) is 14.2 Å². The third-order valence-electron chi connectivity index (χ3n) is 5.13. The van der Waals surface area contributed by atoms with Crippen molar-refractivity contribution in [1.29, 1.82) is 0 Å². The Morgan fingerprint density at radius 1 is 1.04 bits per heavy atom. The van der Waals surface area contributed by atoms with Gasteiger partial charge in [-0.05, 0) is 43.4 Å². The van der Waals surface area contributed by atoms with Gasteiger partial charge in [-0.2, -0.15) is 0 Å². The van der Waals surface area contributed by atoms with E-state index in [4.69, 9.17) is 14.6 Å². The van der Waals surface area contributed by atoms with Crippen LogP contribution in [0.25, 0.3) is 0 Å². The van der Waals surface area contributed by atoms with Crippen LogP contribution in [0, 0.1) is 0 Å². The molecule has 2 aliphatic rings. The second-order valence-electron chi connectivity index (χ2n) is 6.89. The second kappa shape index (κ2) is 10.6. The number of hydrogen-bond donors (Lipinski definition) is 2. The summed E-state index contributed by atoms with van der Waals surface area (Å²) in [5.74, 6) is 1.41. The van der Waals surface area contributed by atoms with Crippen molar-refractivity contribution in [3.63, 3.8) is 0 Å². The number of aliphatic hydroxyl groups excluding tert-OH is 2. The minimum absolute atomic E-state index is 0.0353. The Hall–Kier alpha value is -1.30. The fourth-order valence-corrected chi connectivity index (χ4v) is 3.71. The molecule has 0 radical (unpaired) electrons. The number of aliphatic hydroxyl groups is 2. The maximum Gasteiger partial charge on any atom is 0.160 e. The summed E-state index contributed by atoms with van der Waals surface area (Å²) in [7, 11) is 3.20. The largest absolute Gasteiger partial charge is 0.493 e. The maximum absolute atomic E-state index is 9.39. The van der Waals surface area contributed by atoms with Crippen LogP contribution >= 0.6 is 0 Å². The lowest BCUT2D eigenvalue weighted by Crippen LogP contribution is -2.35. The Labute approximate surface area is 151 Å². The van der Waals surface area contributed by atoms with Gasteiger partial charge in [0.05, 0.1) is 20.3 Å². The van der Waals surface area contributed by atoms with Gasteiger partial charge in [0, 0.05) is 25.7 Å². The summed E-state index contributed by atoms with van der Waals surface area (Å²) in [4.78, 5) is 2.49. The molecule has 5 nitrogen and oxygen atoms in total. The molecule has 5 heteroatoms. The van der Waals surface area contributed by atoms with Crippen molar-refractivity contribution in [2.24, 2.45) is 0 Å². The van der Waals surface area contributed by atoms with Gasteiger partial charge < -0.3 is 19.7 Å². The third kappa shape index (κ3) is 6.17. The normalized spacial score (nSPS) is 21.5. The first-order chi connectivity index (χ1) is 12.2. The third-order valence-corrected chi connectivity index (χ3v) is 5.13. The van der Waals surface area contributed by atoms with Gasteiger partial charge in [-0.1, -0.05) is 25.3 Å². The zero-order valence-corrected chi connectivity index (χ0v) is 15.6. The summed E-state index contributed by atoms with van der Waals surface area (Å²) < 4.78 is 10.2. The SMILES string of the molecule is COc1ccc(CCO)cc1OC.O[C@H]1CCN(C2CCCCC2)C1. The van der Waals surface area contributed by atoms with E-state index in [2.05, 4.69) is 4.90 Å². The predicted octanol–water partition coefficient (Wildman–Crippen LogP) is 2.62. The van der Waals surface area contributed by atoms with E-state index in [1.807, 2.05) is 18.2 Å². The fourth-order valence-electron chi connectivity index (χ4n) is 3.71. The number of nitrogens with zero attached hydrogens (tertiary/aromatic N) is 1. The molecule has 1 aliphatic heterocycles. The highest BCUT2D eigenvalue weighted by Crippen LogP contribution is 2.27. The Bertz CT molecular complexity index is 500. The Morgan fingerprint density at radius 3 is 2.32 bits per heavy atom. The molecule has 1 atom stereocenters. The molecule has 1 aromatic carbocycles. The minimum Gasteiger partial charge on any atom is -0.493 e. The van der Waals surface area contributed by atoms with Crippen molar-refractivity contribution in [2.75, 3.05) is 33.9 Å². The number of ether oxygens (including phenoxy) is 2. The van der Waals surface area contributed by atoms with Gasteiger partial charge in [0.2, 0.25) is 0 Å². The van der Waals surface area contributed by atoms with Crippen LogP contribution in [0.1, 0.15) is 44.1 Å². The Kier molecular flexibility index (Phi) is 8.52. The number of β-amino-alcohol motifs (C(OH)–C–C–N with tert-alkyl or cyclic N) is 1. The van der Waals surface area contributed by atoms with Crippen LogP contribution in [-0.2, 0) is 6.42 Å². The van der Waals surface area contributed by atoms with Crippen molar-refractivity contribution in [2.45, 2.75) is 57.1 Å². The first-order valence-electron chi connectivity index (χ1n) is 9.41. The topological polar surface area (TPSA) is 62.2 Å². The number of rotatable bonds is 5. The first-order valence-corrected chi connectivity index (χ1v) is 9.41. The van der Waals surface area contributed by atoms with Crippen molar-refractivity contribution < 1.29 is 19.7 Å².